The molecule has 3 rings (SSSR count). The fourth-order valence-corrected chi connectivity index (χ4v) is 2.75. The number of anilines is 1. The molecule has 0 radical (unpaired) electrons. The van der Waals surface area contributed by atoms with Crippen LogP contribution in [0.4, 0.5) is 5.69 Å². The van der Waals surface area contributed by atoms with Crippen LogP contribution in [-0.4, -0.2) is 39.3 Å². The second kappa shape index (κ2) is 5.38. The van der Waals surface area contributed by atoms with E-state index >= 15 is 0 Å². The minimum Gasteiger partial charge on any atom is -0.478 e. The van der Waals surface area contributed by atoms with Crippen LogP contribution in [0.3, 0.4) is 0 Å². The Morgan fingerprint density at radius 3 is 2.90 bits per heavy atom. The minimum absolute atomic E-state index is 0.260. The molecule has 0 saturated carbocycles. The molecule has 1 fully saturated rings. The predicted octanol–water partition coefficient (Wildman–Crippen LogP) is 2.04. The highest BCUT2D eigenvalue weighted by molar-refractivity contribution is 8.27. The molecule has 0 amide bonds. The summed E-state index contributed by atoms with van der Waals surface area (Å²) in [5.74, 6) is -0.934. The van der Waals surface area contributed by atoms with Crippen LogP contribution < -0.4 is 5.43 Å². The molecule has 102 valence electrons. The molecular weight excluding hydrogens is 276 g/mol. The van der Waals surface area contributed by atoms with Crippen molar-refractivity contribution in [2.24, 2.45) is 10.1 Å². The summed E-state index contributed by atoms with van der Waals surface area (Å²) in [6.45, 7) is 1.60. The third-order valence-electron chi connectivity index (χ3n) is 2.86. The molecular formula is C13H12N4O2S. The van der Waals surface area contributed by atoms with Crippen LogP contribution >= 0.6 is 11.8 Å². The predicted molar refractivity (Wildman–Crippen MR) is 80.2 cm³/mol. The van der Waals surface area contributed by atoms with E-state index in [1.807, 2.05) is 6.08 Å². The second-order valence-corrected chi connectivity index (χ2v) is 5.32. The largest absolute Gasteiger partial charge is 0.478 e. The van der Waals surface area contributed by atoms with Crippen molar-refractivity contribution in [1.82, 2.24) is 4.90 Å². The van der Waals surface area contributed by atoms with Crippen LogP contribution in [0.25, 0.3) is 0 Å². The zero-order chi connectivity index (χ0) is 13.9. The Hall–Kier alpha value is -2.28. The molecule has 0 unspecified atom stereocenters. The van der Waals surface area contributed by atoms with Gasteiger partial charge in [0.2, 0.25) is 0 Å². The number of carbonyl (C=O) groups is 1. The minimum atomic E-state index is -0.934. The first kappa shape index (κ1) is 12.7. The second-order valence-electron chi connectivity index (χ2n) is 4.28. The number of nitrogens with one attached hydrogen (secondary N) is 1. The van der Waals surface area contributed by atoms with Gasteiger partial charge >= 0.3 is 5.97 Å². The van der Waals surface area contributed by atoms with Gasteiger partial charge < -0.3 is 10.0 Å². The molecule has 6 nitrogen and oxygen atoms in total. The van der Waals surface area contributed by atoms with Gasteiger partial charge in [0.05, 0.1) is 17.8 Å². The van der Waals surface area contributed by atoms with Crippen molar-refractivity contribution >= 4 is 33.6 Å². The molecule has 0 bridgehead atoms. The van der Waals surface area contributed by atoms with Gasteiger partial charge in [-0.15, -0.1) is 0 Å². The first-order valence-electron chi connectivity index (χ1n) is 6.04. The lowest BCUT2D eigenvalue weighted by Gasteiger charge is -2.16. The van der Waals surface area contributed by atoms with Gasteiger partial charge in [-0.2, -0.15) is 5.10 Å². The number of fused-ring (bicyclic) bond motifs is 1. The highest BCUT2D eigenvalue weighted by Crippen LogP contribution is 2.23. The van der Waals surface area contributed by atoms with Gasteiger partial charge in [0.1, 0.15) is 5.04 Å². The highest BCUT2D eigenvalue weighted by Gasteiger charge is 2.25. The molecule has 0 aliphatic carbocycles. The number of aliphatic imine (C=N–C) groups is 1. The number of hydrazone groups is 1. The lowest BCUT2D eigenvalue weighted by Crippen LogP contribution is -2.26. The number of amidine groups is 1. The fraction of sp³-hybridized carbons (Fsp3) is 0.154. The standard InChI is InChI=1S/C13H12N4O2S/c18-12(19)9-2-4-10(5-3-9)15-16-11-8-17-7-1-6-14-13(17)20-11/h1-6,15H,7-8H2,(H,18,19). The average molecular weight is 288 g/mol. The van der Waals surface area contributed by atoms with Crippen LogP contribution in [0.2, 0.25) is 0 Å². The van der Waals surface area contributed by atoms with Crippen molar-refractivity contribution in [2.45, 2.75) is 0 Å². The zero-order valence-corrected chi connectivity index (χ0v) is 11.3. The lowest BCUT2D eigenvalue weighted by molar-refractivity contribution is 0.0697. The molecule has 0 atom stereocenters. The molecule has 1 aromatic carbocycles. The third-order valence-corrected chi connectivity index (χ3v) is 3.87. The molecule has 2 N–H and O–H groups in total. The molecule has 2 heterocycles. The molecule has 2 aliphatic heterocycles. The summed E-state index contributed by atoms with van der Waals surface area (Å²) in [7, 11) is 0. The van der Waals surface area contributed by atoms with E-state index in [-0.39, 0.29) is 5.56 Å². The number of nitrogens with zero attached hydrogens (tertiary/aromatic N) is 3. The van der Waals surface area contributed by atoms with E-state index in [1.54, 1.807) is 30.5 Å². The summed E-state index contributed by atoms with van der Waals surface area (Å²) in [5, 5.41) is 15.1. The summed E-state index contributed by atoms with van der Waals surface area (Å²) in [5.41, 5.74) is 3.95. The summed E-state index contributed by atoms with van der Waals surface area (Å²) in [4.78, 5) is 17.2. The van der Waals surface area contributed by atoms with Crippen molar-refractivity contribution in [3.63, 3.8) is 0 Å². The summed E-state index contributed by atoms with van der Waals surface area (Å²) in [6.07, 6.45) is 3.81. The molecule has 20 heavy (non-hydrogen) atoms. The Bertz CT molecular complexity index is 622. The molecule has 2 aliphatic rings. The van der Waals surface area contributed by atoms with Crippen molar-refractivity contribution in [2.75, 3.05) is 18.5 Å². The van der Waals surface area contributed by atoms with Gasteiger partial charge in [0.15, 0.2) is 5.17 Å². The number of carboxylic acids is 1. The number of carboxylic acid groups (broad SMARTS) is 1. The average Bonchev–Trinajstić information content (AvgIpc) is 2.88. The number of rotatable bonds is 3. The molecule has 0 aromatic heterocycles. The smallest absolute Gasteiger partial charge is 0.335 e. The molecule has 7 heteroatoms. The lowest BCUT2D eigenvalue weighted by atomic mass is 10.2. The summed E-state index contributed by atoms with van der Waals surface area (Å²) >= 11 is 1.54. The maximum Gasteiger partial charge on any atom is 0.335 e. The number of hydrogen-bond acceptors (Lipinski definition) is 6. The first-order valence-corrected chi connectivity index (χ1v) is 6.85. The van der Waals surface area contributed by atoms with E-state index in [1.165, 1.54) is 11.8 Å². The number of benzene rings is 1. The van der Waals surface area contributed by atoms with Gasteiger partial charge in [-0.25, -0.2) is 9.79 Å². The van der Waals surface area contributed by atoms with E-state index in [9.17, 15) is 4.79 Å². The van der Waals surface area contributed by atoms with Crippen LogP contribution in [0.1, 0.15) is 10.4 Å². The Morgan fingerprint density at radius 1 is 1.40 bits per heavy atom. The van der Waals surface area contributed by atoms with E-state index in [4.69, 9.17) is 5.11 Å². The van der Waals surface area contributed by atoms with Crippen LogP contribution in [-0.2, 0) is 0 Å². The van der Waals surface area contributed by atoms with Crippen molar-refractivity contribution in [3.8, 4) is 0 Å². The summed E-state index contributed by atoms with van der Waals surface area (Å²) in [6, 6.07) is 6.48. The Balaban J connectivity index is 1.65. The SMILES string of the molecule is O=C(O)c1ccc(NN=C2CN3CC=CN=C3S2)cc1. The maximum absolute atomic E-state index is 10.7. The van der Waals surface area contributed by atoms with Crippen molar-refractivity contribution < 1.29 is 9.90 Å². The maximum atomic E-state index is 10.7. The van der Waals surface area contributed by atoms with Gasteiger partial charge in [0.25, 0.3) is 0 Å². The van der Waals surface area contributed by atoms with Gasteiger partial charge in [0, 0.05) is 12.7 Å². The van der Waals surface area contributed by atoms with Gasteiger partial charge in [-0.3, -0.25) is 5.43 Å². The Kier molecular flexibility index (Phi) is 3.42. The van der Waals surface area contributed by atoms with E-state index in [0.717, 1.165) is 29.0 Å². The Labute approximate surface area is 119 Å². The molecule has 1 saturated heterocycles. The number of aromatic carboxylic acids is 1. The summed E-state index contributed by atoms with van der Waals surface area (Å²) < 4.78 is 0. The first-order chi connectivity index (χ1) is 9.72. The highest BCUT2D eigenvalue weighted by atomic mass is 32.2. The Morgan fingerprint density at radius 2 is 2.20 bits per heavy atom. The van der Waals surface area contributed by atoms with Crippen LogP contribution in [0.15, 0.2) is 46.6 Å². The monoisotopic (exact) mass is 288 g/mol. The van der Waals surface area contributed by atoms with E-state index in [0.29, 0.717) is 0 Å². The van der Waals surface area contributed by atoms with Crippen molar-refractivity contribution in [1.29, 1.82) is 0 Å². The number of thioether (sulfide) groups is 1. The quantitative estimate of drug-likeness (QED) is 0.832. The van der Waals surface area contributed by atoms with Crippen molar-refractivity contribution in [3.05, 3.63) is 42.1 Å². The van der Waals surface area contributed by atoms with Gasteiger partial charge in [-0.1, -0.05) is 0 Å². The zero-order valence-electron chi connectivity index (χ0n) is 10.5. The normalized spacial score (nSPS) is 18.9. The topological polar surface area (TPSA) is 77.3 Å². The fourth-order valence-electron chi connectivity index (χ4n) is 1.85. The molecule has 1 aromatic rings. The van der Waals surface area contributed by atoms with Crippen LogP contribution in [0, 0.1) is 0 Å². The molecule has 0 spiro atoms. The third kappa shape index (κ3) is 2.67. The van der Waals surface area contributed by atoms with Crippen LogP contribution in [0.5, 0.6) is 0 Å². The number of hydrogen-bond donors (Lipinski definition) is 2. The van der Waals surface area contributed by atoms with E-state index in [2.05, 4.69) is 20.4 Å². The van der Waals surface area contributed by atoms with E-state index < -0.39 is 5.97 Å². The van der Waals surface area contributed by atoms with Gasteiger partial charge in [-0.05, 0) is 42.1 Å².